The molecule has 1 saturated heterocycles. The SMILES string of the molecule is CCNC(C)c1c(C)nn(CCC2CCCO2)c1C. The number of aromatic nitrogens is 2. The van der Waals surface area contributed by atoms with E-state index in [2.05, 4.69) is 37.7 Å². The second-order valence-corrected chi connectivity index (χ2v) is 5.51. The molecular weight excluding hydrogens is 238 g/mol. The second-order valence-electron chi connectivity index (χ2n) is 5.51. The van der Waals surface area contributed by atoms with Crippen LogP contribution in [0.25, 0.3) is 0 Å². The van der Waals surface area contributed by atoms with E-state index in [1.165, 1.54) is 24.1 Å². The van der Waals surface area contributed by atoms with Crippen LogP contribution in [-0.4, -0.2) is 29.0 Å². The first kappa shape index (κ1) is 14.5. The van der Waals surface area contributed by atoms with Crippen LogP contribution in [0.4, 0.5) is 0 Å². The van der Waals surface area contributed by atoms with Crippen LogP contribution in [0.2, 0.25) is 0 Å². The Bertz CT molecular complexity index is 408. The quantitative estimate of drug-likeness (QED) is 0.859. The van der Waals surface area contributed by atoms with Crippen molar-refractivity contribution in [1.29, 1.82) is 0 Å². The van der Waals surface area contributed by atoms with E-state index < -0.39 is 0 Å². The van der Waals surface area contributed by atoms with Crippen LogP contribution in [0.1, 0.15) is 56.1 Å². The predicted octanol–water partition coefficient (Wildman–Crippen LogP) is 2.74. The Balaban J connectivity index is 2.02. The molecule has 0 aliphatic carbocycles. The Morgan fingerprint density at radius 3 is 2.89 bits per heavy atom. The van der Waals surface area contributed by atoms with Crippen molar-refractivity contribution >= 4 is 0 Å². The zero-order valence-corrected chi connectivity index (χ0v) is 12.7. The summed E-state index contributed by atoms with van der Waals surface area (Å²) in [7, 11) is 0. The molecule has 2 heterocycles. The van der Waals surface area contributed by atoms with Crippen molar-refractivity contribution in [2.75, 3.05) is 13.2 Å². The van der Waals surface area contributed by atoms with Crippen molar-refractivity contribution in [3.8, 4) is 0 Å². The maximum absolute atomic E-state index is 5.68. The average molecular weight is 265 g/mol. The largest absolute Gasteiger partial charge is 0.378 e. The van der Waals surface area contributed by atoms with Gasteiger partial charge in [-0.05, 0) is 46.6 Å². The smallest absolute Gasteiger partial charge is 0.0644 e. The molecule has 1 aromatic heterocycles. The van der Waals surface area contributed by atoms with Gasteiger partial charge in [-0.15, -0.1) is 0 Å². The van der Waals surface area contributed by atoms with Crippen molar-refractivity contribution < 1.29 is 4.74 Å². The van der Waals surface area contributed by atoms with Gasteiger partial charge in [0.05, 0.1) is 11.8 Å². The summed E-state index contributed by atoms with van der Waals surface area (Å²) < 4.78 is 7.84. The first-order valence-electron chi connectivity index (χ1n) is 7.52. The Hall–Kier alpha value is -0.870. The van der Waals surface area contributed by atoms with Crippen molar-refractivity contribution in [3.63, 3.8) is 0 Å². The van der Waals surface area contributed by atoms with Gasteiger partial charge in [-0.1, -0.05) is 6.92 Å². The number of hydrogen-bond acceptors (Lipinski definition) is 3. The molecule has 0 spiro atoms. The van der Waals surface area contributed by atoms with Gasteiger partial charge in [-0.2, -0.15) is 5.10 Å². The summed E-state index contributed by atoms with van der Waals surface area (Å²) in [5.74, 6) is 0. The van der Waals surface area contributed by atoms with Crippen LogP contribution < -0.4 is 5.32 Å². The summed E-state index contributed by atoms with van der Waals surface area (Å²) in [4.78, 5) is 0. The summed E-state index contributed by atoms with van der Waals surface area (Å²) in [6.45, 7) is 11.5. The number of nitrogens with zero attached hydrogens (tertiary/aromatic N) is 2. The lowest BCUT2D eigenvalue weighted by Gasteiger charge is -2.14. The zero-order valence-electron chi connectivity index (χ0n) is 12.7. The van der Waals surface area contributed by atoms with Gasteiger partial charge in [0.25, 0.3) is 0 Å². The van der Waals surface area contributed by atoms with E-state index in [4.69, 9.17) is 9.84 Å². The molecule has 4 nitrogen and oxygen atoms in total. The molecule has 4 heteroatoms. The summed E-state index contributed by atoms with van der Waals surface area (Å²) in [6, 6.07) is 0.376. The molecule has 108 valence electrons. The molecule has 1 N–H and O–H groups in total. The van der Waals surface area contributed by atoms with Gasteiger partial charge in [0, 0.05) is 30.5 Å². The summed E-state index contributed by atoms with van der Waals surface area (Å²) in [5.41, 5.74) is 3.80. The molecule has 2 unspecified atom stereocenters. The third-order valence-electron chi connectivity index (χ3n) is 4.07. The number of hydrogen-bond donors (Lipinski definition) is 1. The highest BCUT2D eigenvalue weighted by Gasteiger charge is 2.19. The Morgan fingerprint density at radius 1 is 1.47 bits per heavy atom. The highest BCUT2D eigenvalue weighted by atomic mass is 16.5. The van der Waals surface area contributed by atoms with Crippen LogP contribution in [0, 0.1) is 13.8 Å². The molecule has 19 heavy (non-hydrogen) atoms. The minimum Gasteiger partial charge on any atom is -0.378 e. The maximum Gasteiger partial charge on any atom is 0.0644 e. The fourth-order valence-electron chi connectivity index (χ4n) is 3.10. The topological polar surface area (TPSA) is 39.1 Å². The molecule has 1 fully saturated rings. The second kappa shape index (κ2) is 6.53. The lowest BCUT2D eigenvalue weighted by atomic mass is 10.1. The highest BCUT2D eigenvalue weighted by molar-refractivity contribution is 5.27. The molecule has 0 aromatic carbocycles. The number of ether oxygens (including phenoxy) is 1. The van der Waals surface area contributed by atoms with Gasteiger partial charge in [-0.3, -0.25) is 4.68 Å². The lowest BCUT2D eigenvalue weighted by Crippen LogP contribution is -2.19. The molecule has 0 saturated carbocycles. The molecule has 1 aromatic rings. The van der Waals surface area contributed by atoms with Crippen LogP contribution >= 0.6 is 0 Å². The zero-order chi connectivity index (χ0) is 13.8. The summed E-state index contributed by atoms with van der Waals surface area (Å²) in [6.07, 6.45) is 3.94. The van der Waals surface area contributed by atoms with E-state index in [1.807, 2.05) is 0 Å². The highest BCUT2D eigenvalue weighted by Crippen LogP contribution is 2.22. The number of aryl methyl sites for hydroxylation is 2. The first-order valence-corrected chi connectivity index (χ1v) is 7.52. The molecule has 0 amide bonds. The minimum absolute atomic E-state index is 0.376. The Kier molecular flexibility index (Phi) is 4.99. The fraction of sp³-hybridized carbons (Fsp3) is 0.800. The monoisotopic (exact) mass is 265 g/mol. The van der Waals surface area contributed by atoms with Gasteiger partial charge >= 0.3 is 0 Å². The van der Waals surface area contributed by atoms with E-state index in [9.17, 15) is 0 Å². The van der Waals surface area contributed by atoms with Crippen molar-refractivity contribution in [2.24, 2.45) is 0 Å². The van der Waals surface area contributed by atoms with Crippen molar-refractivity contribution in [3.05, 3.63) is 17.0 Å². The van der Waals surface area contributed by atoms with Crippen molar-refractivity contribution in [2.45, 2.75) is 65.6 Å². The van der Waals surface area contributed by atoms with Crippen molar-refractivity contribution in [1.82, 2.24) is 15.1 Å². The normalized spacial score (nSPS) is 20.9. The number of rotatable bonds is 6. The molecule has 2 atom stereocenters. The van der Waals surface area contributed by atoms with Gasteiger partial charge in [0.1, 0.15) is 0 Å². The lowest BCUT2D eigenvalue weighted by molar-refractivity contribution is 0.0992. The standard InChI is InChI=1S/C15H27N3O/c1-5-16-11(2)15-12(3)17-18(13(15)4)9-8-14-7-6-10-19-14/h11,14,16H,5-10H2,1-4H3. The Labute approximate surface area is 116 Å². The van der Waals surface area contributed by atoms with Crippen LogP contribution in [0.5, 0.6) is 0 Å². The summed E-state index contributed by atoms with van der Waals surface area (Å²) >= 11 is 0. The average Bonchev–Trinajstić information content (AvgIpc) is 2.96. The Morgan fingerprint density at radius 2 is 2.26 bits per heavy atom. The first-order chi connectivity index (χ1) is 9.13. The van der Waals surface area contributed by atoms with E-state index >= 15 is 0 Å². The molecule has 0 radical (unpaired) electrons. The molecule has 1 aliphatic rings. The van der Waals surface area contributed by atoms with Gasteiger partial charge < -0.3 is 10.1 Å². The van der Waals surface area contributed by atoms with E-state index in [0.717, 1.165) is 31.8 Å². The van der Waals surface area contributed by atoms with Crippen LogP contribution in [0.15, 0.2) is 0 Å². The third kappa shape index (κ3) is 3.37. The fourth-order valence-corrected chi connectivity index (χ4v) is 3.10. The predicted molar refractivity (Wildman–Crippen MR) is 77.4 cm³/mol. The van der Waals surface area contributed by atoms with Crippen LogP contribution in [-0.2, 0) is 11.3 Å². The molecule has 0 bridgehead atoms. The molecule has 1 aliphatic heterocycles. The van der Waals surface area contributed by atoms with E-state index in [-0.39, 0.29) is 0 Å². The van der Waals surface area contributed by atoms with E-state index in [0.29, 0.717) is 12.1 Å². The summed E-state index contributed by atoms with van der Waals surface area (Å²) in [5, 5.41) is 8.17. The number of nitrogens with one attached hydrogen (secondary N) is 1. The minimum atomic E-state index is 0.376. The third-order valence-corrected chi connectivity index (χ3v) is 4.07. The van der Waals surface area contributed by atoms with Gasteiger partial charge in [-0.25, -0.2) is 0 Å². The van der Waals surface area contributed by atoms with Gasteiger partial charge in [0.15, 0.2) is 0 Å². The molecule has 2 rings (SSSR count). The van der Waals surface area contributed by atoms with E-state index in [1.54, 1.807) is 0 Å². The van der Waals surface area contributed by atoms with Crippen LogP contribution in [0.3, 0.4) is 0 Å². The molecular formula is C15H27N3O. The van der Waals surface area contributed by atoms with Gasteiger partial charge in [0.2, 0.25) is 0 Å². The maximum atomic E-state index is 5.68.